The van der Waals surface area contributed by atoms with Crippen LogP contribution in [0.15, 0.2) is 48.7 Å². The number of nitrogens with zero attached hydrogens (tertiary/aromatic N) is 2. The smallest absolute Gasteiger partial charge is 0.0908 e. The summed E-state index contributed by atoms with van der Waals surface area (Å²) in [6, 6.07) is 14.6. The van der Waals surface area contributed by atoms with Crippen LogP contribution in [0.4, 0.5) is 5.69 Å². The SMILES string of the molecule is Cn1ncc(N)c1-c1ccc2ccccc2c1. The fraction of sp³-hybridized carbons (Fsp3) is 0.0714. The second kappa shape index (κ2) is 3.63. The molecule has 1 heterocycles. The molecule has 0 fully saturated rings. The number of fused-ring (bicyclic) bond motifs is 1. The Kier molecular flexibility index (Phi) is 2.11. The minimum Gasteiger partial charge on any atom is -0.396 e. The maximum Gasteiger partial charge on any atom is 0.0908 e. The van der Waals surface area contributed by atoms with Gasteiger partial charge in [-0.1, -0.05) is 36.4 Å². The van der Waals surface area contributed by atoms with Crippen LogP contribution in [-0.2, 0) is 7.05 Å². The first kappa shape index (κ1) is 9.90. The molecule has 84 valence electrons. The van der Waals surface area contributed by atoms with E-state index >= 15 is 0 Å². The molecule has 0 aliphatic heterocycles. The van der Waals surface area contributed by atoms with Crippen LogP contribution in [0.25, 0.3) is 22.0 Å². The van der Waals surface area contributed by atoms with Crippen molar-refractivity contribution in [1.82, 2.24) is 9.78 Å². The highest BCUT2D eigenvalue weighted by molar-refractivity contribution is 5.88. The molecule has 0 aliphatic carbocycles. The lowest BCUT2D eigenvalue weighted by Crippen LogP contribution is -1.95. The molecule has 0 unspecified atom stereocenters. The van der Waals surface area contributed by atoms with Crippen molar-refractivity contribution in [3.05, 3.63) is 48.7 Å². The standard InChI is InChI=1S/C14H13N3/c1-17-14(13(15)9-16-17)12-7-6-10-4-2-3-5-11(10)8-12/h2-9H,15H2,1H3. The largest absolute Gasteiger partial charge is 0.396 e. The zero-order valence-corrected chi connectivity index (χ0v) is 9.59. The molecule has 17 heavy (non-hydrogen) atoms. The van der Waals surface area contributed by atoms with Crippen LogP contribution in [0.5, 0.6) is 0 Å². The average Bonchev–Trinajstić information content (AvgIpc) is 2.68. The van der Waals surface area contributed by atoms with Crippen molar-refractivity contribution < 1.29 is 0 Å². The van der Waals surface area contributed by atoms with E-state index in [9.17, 15) is 0 Å². The van der Waals surface area contributed by atoms with E-state index in [1.54, 1.807) is 10.9 Å². The lowest BCUT2D eigenvalue weighted by molar-refractivity contribution is 0.776. The molecule has 0 saturated carbocycles. The fourth-order valence-corrected chi connectivity index (χ4v) is 2.14. The van der Waals surface area contributed by atoms with Gasteiger partial charge in [-0.25, -0.2) is 0 Å². The van der Waals surface area contributed by atoms with Crippen LogP contribution in [0.3, 0.4) is 0 Å². The summed E-state index contributed by atoms with van der Waals surface area (Å²) in [5.74, 6) is 0. The second-order valence-corrected chi connectivity index (χ2v) is 4.13. The van der Waals surface area contributed by atoms with Crippen molar-refractivity contribution in [2.45, 2.75) is 0 Å². The third kappa shape index (κ3) is 1.56. The summed E-state index contributed by atoms with van der Waals surface area (Å²) in [5, 5.41) is 6.61. The van der Waals surface area contributed by atoms with Crippen molar-refractivity contribution in [2.75, 3.05) is 5.73 Å². The van der Waals surface area contributed by atoms with Gasteiger partial charge in [0.2, 0.25) is 0 Å². The van der Waals surface area contributed by atoms with Gasteiger partial charge < -0.3 is 5.73 Å². The molecule has 2 aromatic carbocycles. The maximum atomic E-state index is 5.93. The molecule has 0 atom stereocenters. The van der Waals surface area contributed by atoms with Gasteiger partial charge in [0, 0.05) is 12.6 Å². The molecule has 0 bridgehead atoms. The van der Waals surface area contributed by atoms with Gasteiger partial charge in [-0.15, -0.1) is 0 Å². The second-order valence-electron chi connectivity index (χ2n) is 4.13. The molecule has 0 aliphatic rings. The first-order valence-corrected chi connectivity index (χ1v) is 5.52. The van der Waals surface area contributed by atoms with Gasteiger partial charge in [0.25, 0.3) is 0 Å². The molecule has 3 rings (SSSR count). The maximum absolute atomic E-state index is 5.93. The van der Waals surface area contributed by atoms with Gasteiger partial charge in [-0.05, 0) is 16.8 Å². The highest BCUT2D eigenvalue weighted by Gasteiger charge is 2.08. The minimum atomic E-state index is 0.711. The third-order valence-electron chi connectivity index (χ3n) is 2.99. The Morgan fingerprint density at radius 3 is 2.53 bits per heavy atom. The lowest BCUT2D eigenvalue weighted by Gasteiger charge is -2.05. The summed E-state index contributed by atoms with van der Waals surface area (Å²) < 4.78 is 1.80. The summed E-state index contributed by atoms with van der Waals surface area (Å²) in [6.45, 7) is 0. The number of hydrogen-bond acceptors (Lipinski definition) is 2. The molecule has 2 N–H and O–H groups in total. The molecule has 1 aromatic heterocycles. The summed E-state index contributed by atoms with van der Waals surface area (Å²) in [5.41, 5.74) is 8.71. The van der Waals surface area contributed by atoms with E-state index in [0.717, 1.165) is 11.3 Å². The predicted molar refractivity (Wildman–Crippen MR) is 70.6 cm³/mol. The zero-order chi connectivity index (χ0) is 11.8. The molecule has 0 radical (unpaired) electrons. The van der Waals surface area contributed by atoms with Gasteiger partial charge in [-0.2, -0.15) is 5.10 Å². The number of aryl methyl sites for hydroxylation is 1. The Hall–Kier alpha value is -2.29. The number of nitrogens with two attached hydrogens (primary N) is 1. The van der Waals surface area contributed by atoms with E-state index in [0.29, 0.717) is 5.69 Å². The number of nitrogen functional groups attached to an aromatic ring is 1. The molecule has 0 amide bonds. The summed E-state index contributed by atoms with van der Waals surface area (Å²) in [6.07, 6.45) is 1.69. The molecular weight excluding hydrogens is 210 g/mol. The van der Waals surface area contributed by atoms with E-state index in [4.69, 9.17) is 5.73 Å². The lowest BCUT2D eigenvalue weighted by atomic mass is 10.0. The molecule has 3 aromatic rings. The third-order valence-corrected chi connectivity index (χ3v) is 2.99. The Balaban J connectivity index is 2.25. The van der Waals surface area contributed by atoms with Crippen molar-refractivity contribution in [3.63, 3.8) is 0 Å². The molecule has 3 heteroatoms. The highest BCUT2D eigenvalue weighted by Crippen LogP contribution is 2.27. The summed E-state index contributed by atoms with van der Waals surface area (Å²) in [4.78, 5) is 0. The van der Waals surface area contributed by atoms with Crippen molar-refractivity contribution >= 4 is 16.5 Å². The molecule has 0 spiro atoms. The predicted octanol–water partition coefficient (Wildman–Crippen LogP) is 2.82. The van der Waals surface area contributed by atoms with Crippen LogP contribution < -0.4 is 5.73 Å². The minimum absolute atomic E-state index is 0.711. The first-order valence-electron chi connectivity index (χ1n) is 5.52. The first-order chi connectivity index (χ1) is 8.25. The van der Waals surface area contributed by atoms with E-state index in [1.165, 1.54) is 10.8 Å². The van der Waals surface area contributed by atoms with Crippen LogP contribution in [0.1, 0.15) is 0 Å². The van der Waals surface area contributed by atoms with Crippen molar-refractivity contribution in [3.8, 4) is 11.3 Å². The van der Waals surface area contributed by atoms with Crippen LogP contribution >= 0.6 is 0 Å². The monoisotopic (exact) mass is 223 g/mol. The number of hydrogen-bond donors (Lipinski definition) is 1. The zero-order valence-electron chi connectivity index (χ0n) is 9.59. The van der Waals surface area contributed by atoms with Crippen LogP contribution in [0.2, 0.25) is 0 Å². The average molecular weight is 223 g/mol. The summed E-state index contributed by atoms with van der Waals surface area (Å²) >= 11 is 0. The van der Waals surface area contributed by atoms with E-state index in [2.05, 4.69) is 35.4 Å². The van der Waals surface area contributed by atoms with Crippen LogP contribution in [-0.4, -0.2) is 9.78 Å². The number of anilines is 1. The van der Waals surface area contributed by atoms with E-state index in [1.807, 2.05) is 19.2 Å². The number of aromatic nitrogens is 2. The van der Waals surface area contributed by atoms with E-state index < -0.39 is 0 Å². The Morgan fingerprint density at radius 2 is 1.82 bits per heavy atom. The van der Waals surface area contributed by atoms with Crippen LogP contribution in [0, 0.1) is 0 Å². The fourth-order valence-electron chi connectivity index (χ4n) is 2.14. The number of benzene rings is 2. The Bertz CT molecular complexity index is 663. The molecule has 3 nitrogen and oxygen atoms in total. The summed E-state index contributed by atoms with van der Waals surface area (Å²) in [7, 11) is 1.90. The van der Waals surface area contributed by atoms with Crippen molar-refractivity contribution in [1.29, 1.82) is 0 Å². The Labute approximate surface area is 99.5 Å². The van der Waals surface area contributed by atoms with Gasteiger partial charge in [0.1, 0.15) is 0 Å². The molecule has 0 saturated heterocycles. The van der Waals surface area contributed by atoms with Gasteiger partial charge in [0.05, 0.1) is 17.6 Å². The normalized spacial score (nSPS) is 10.9. The number of rotatable bonds is 1. The topological polar surface area (TPSA) is 43.8 Å². The Morgan fingerprint density at radius 1 is 1.06 bits per heavy atom. The van der Waals surface area contributed by atoms with E-state index in [-0.39, 0.29) is 0 Å². The van der Waals surface area contributed by atoms with Gasteiger partial charge >= 0.3 is 0 Å². The highest BCUT2D eigenvalue weighted by atomic mass is 15.3. The molecular formula is C14H13N3. The van der Waals surface area contributed by atoms with Crippen molar-refractivity contribution in [2.24, 2.45) is 7.05 Å². The van der Waals surface area contributed by atoms with Gasteiger partial charge in [0.15, 0.2) is 0 Å². The quantitative estimate of drug-likeness (QED) is 0.689. The van der Waals surface area contributed by atoms with Gasteiger partial charge in [-0.3, -0.25) is 4.68 Å².